The molecular formula is C16H21N3O2. The fourth-order valence-electron chi connectivity index (χ4n) is 3.04. The van der Waals surface area contributed by atoms with E-state index in [1.165, 1.54) is 6.42 Å². The number of carbonyl (C=O) groups excluding carboxylic acids is 2. The van der Waals surface area contributed by atoms with Crippen molar-refractivity contribution in [2.24, 2.45) is 0 Å². The summed E-state index contributed by atoms with van der Waals surface area (Å²) < 4.78 is 0. The first kappa shape index (κ1) is 14.0. The van der Waals surface area contributed by atoms with E-state index in [-0.39, 0.29) is 11.8 Å². The van der Waals surface area contributed by atoms with Gasteiger partial charge in [-0.1, -0.05) is 0 Å². The van der Waals surface area contributed by atoms with Gasteiger partial charge in [-0.05, 0) is 44.2 Å². The van der Waals surface area contributed by atoms with Crippen molar-refractivity contribution in [3.63, 3.8) is 0 Å². The highest BCUT2D eigenvalue weighted by Gasteiger charge is 2.23. The summed E-state index contributed by atoms with van der Waals surface area (Å²) in [6.45, 7) is 3.22. The summed E-state index contributed by atoms with van der Waals surface area (Å²) in [5.41, 5.74) is 0.967. The second-order valence-electron chi connectivity index (χ2n) is 5.78. The summed E-state index contributed by atoms with van der Waals surface area (Å²) in [7, 11) is 0. The second kappa shape index (κ2) is 6.24. The molecule has 21 heavy (non-hydrogen) atoms. The Morgan fingerprint density at radius 1 is 0.857 bits per heavy atom. The molecule has 0 aromatic carbocycles. The minimum absolute atomic E-state index is 0.0163. The molecule has 0 aliphatic carbocycles. The number of pyridine rings is 1. The Morgan fingerprint density at radius 2 is 1.43 bits per heavy atom. The standard InChI is InChI=1S/C16H21N3O2/c20-15(18-10-4-5-11-18)13-6-7-17-14(12-13)16(21)19-8-2-1-3-9-19/h6-7,12H,1-5,8-11H2. The number of piperidine rings is 1. The smallest absolute Gasteiger partial charge is 0.272 e. The number of aromatic nitrogens is 1. The van der Waals surface area contributed by atoms with E-state index in [0.29, 0.717) is 11.3 Å². The highest BCUT2D eigenvalue weighted by atomic mass is 16.2. The Labute approximate surface area is 124 Å². The lowest BCUT2D eigenvalue weighted by atomic mass is 10.1. The maximum Gasteiger partial charge on any atom is 0.272 e. The number of rotatable bonds is 2. The highest BCUT2D eigenvalue weighted by molar-refractivity contribution is 5.98. The maximum atomic E-state index is 12.4. The summed E-state index contributed by atoms with van der Waals surface area (Å²) >= 11 is 0. The average molecular weight is 287 g/mol. The molecule has 2 amide bonds. The van der Waals surface area contributed by atoms with E-state index in [0.717, 1.165) is 51.9 Å². The van der Waals surface area contributed by atoms with Gasteiger partial charge < -0.3 is 9.80 Å². The molecule has 2 fully saturated rings. The molecule has 0 radical (unpaired) electrons. The molecule has 5 heteroatoms. The van der Waals surface area contributed by atoms with Crippen molar-refractivity contribution in [2.45, 2.75) is 32.1 Å². The van der Waals surface area contributed by atoms with Crippen LogP contribution in [0.1, 0.15) is 53.0 Å². The monoisotopic (exact) mass is 287 g/mol. The molecule has 2 saturated heterocycles. The number of hydrogen-bond acceptors (Lipinski definition) is 3. The molecule has 0 bridgehead atoms. The molecular weight excluding hydrogens is 266 g/mol. The van der Waals surface area contributed by atoms with E-state index in [1.54, 1.807) is 18.3 Å². The molecule has 112 valence electrons. The van der Waals surface area contributed by atoms with Crippen LogP contribution in [0.3, 0.4) is 0 Å². The highest BCUT2D eigenvalue weighted by Crippen LogP contribution is 2.15. The van der Waals surface area contributed by atoms with Gasteiger partial charge in [-0.2, -0.15) is 0 Å². The van der Waals surface area contributed by atoms with Gasteiger partial charge in [0.15, 0.2) is 0 Å². The van der Waals surface area contributed by atoms with Crippen molar-refractivity contribution in [2.75, 3.05) is 26.2 Å². The first-order valence-corrected chi connectivity index (χ1v) is 7.80. The summed E-state index contributed by atoms with van der Waals surface area (Å²) in [5.74, 6) is -0.0339. The third-order valence-corrected chi connectivity index (χ3v) is 4.26. The topological polar surface area (TPSA) is 53.5 Å². The van der Waals surface area contributed by atoms with Crippen molar-refractivity contribution < 1.29 is 9.59 Å². The molecule has 0 unspecified atom stereocenters. The lowest BCUT2D eigenvalue weighted by Gasteiger charge is -2.26. The van der Waals surface area contributed by atoms with Crippen molar-refractivity contribution >= 4 is 11.8 Å². The lowest BCUT2D eigenvalue weighted by Crippen LogP contribution is -2.36. The van der Waals surface area contributed by atoms with Gasteiger partial charge in [0, 0.05) is 37.9 Å². The summed E-state index contributed by atoms with van der Waals surface area (Å²) in [6, 6.07) is 3.35. The fourth-order valence-corrected chi connectivity index (χ4v) is 3.04. The Bertz CT molecular complexity index is 532. The van der Waals surface area contributed by atoms with E-state index in [9.17, 15) is 9.59 Å². The fraction of sp³-hybridized carbons (Fsp3) is 0.562. The molecule has 0 spiro atoms. The molecule has 1 aromatic rings. The molecule has 3 rings (SSSR count). The molecule has 0 atom stereocenters. The van der Waals surface area contributed by atoms with Crippen LogP contribution in [-0.2, 0) is 0 Å². The van der Waals surface area contributed by atoms with Crippen LogP contribution in [0.2, 0.25) is 0 Å². The van der Waals surface area contributed by atoms with Crippen LogP contribution in [-0.4, -0.2) is 52.8 Å². The predicted molar refractivity (Wildman–Crippen MR) is 79.1 cm³/mol. The summed E-state index contributed by atoms with van der Waals surface area (Å²) in [6.07, 6.45) is 6.99. The first-order valence-electron chi connectivity index (χ1n) is 7.80. The van der Waals surface area contributed by atoms with E-state index in [1.807, 2.05) is 9.80 Å². The van der Waals surface area contributed by atoms with Crippen molar-refractivity contribution in [1.82, 2.24) is 14.8 Å². The van der Waals surface area contributed by atoms with E-state index in [4.69, 9.17) is 0 Å². The number of likely N-dealkylation sites (tertiary alicyclic amines) is 2. The van der Waals surface area contributed by atoms with Crippen LogP contribution in [0, 0.1) is 0 Å². The van der Waals surface area contributed by atoms with E-state index in [2.05, 4.69) is 4.98 Å². The first-order chi connectivity index (χ1) is 10.3. The molecule has 0 saturated carbocycles. The van der Waals surface area contributed by atoms with Gasteiger partial charge in [0.05, 0.1) is 0 Å². The Morgan fingerprint density at radius 3 is 2.10 bits per heavy atom. The second-order valence-corrected chi connectivity index (χ2v) is 5.78. The number of carbonyl (C=O) groups is 2. The number of amides is 2. The van der Waals surface area contributed by atoms with Crippen molar-refractivity contribution in [1.29, 1.82) is 0 Å². The summed E-state index contributed by atoms with van der Waals surface area (Å²) in [5, 5.41) is 0. The third kappa shape index (κ3) is 3.06. The normalized spacial score (nSPS) is 18.9. The molecule has 2 aliphatic rings. The van der Waals surface area contributed by atoms with Crippen LogP contribution < -0.4 is 0 Å². The van der Waals surface area contributed by atoms with E-state index < -0.39 is 0 Å². The molecule has 0 N–H and O–H groups in total. The lowest BCUT2D eigenvalue weighted by molar-refractivity contribution is 0.0718. The van der Waals surface area contributed by atoms with Crippen LogP contribution >= 0.6 is 0 Å². The zero-order valence-electron chi connectivity index (χ0n) is 12.3. The van der Waals surface area contributed by atoms with Gasteiger partial charge in [0.2, 0.25) is 0 Å². The maximum absolute atomic E-state index is 12.4. The minimum Gasteiger partial charge on any atom is -0.339 e. The molecule has 3 heterocycles. The van der Waals surface area contributed by atoms with Gasteiger partial charge >= 0.3 is 0 Å². The van der Waals surface area contributed by atoms with Gasteiger partial charge in [0.1, 0.15) is 5.69 Å². The van der Waals surface area contributed by atoms with Gasteiger partial charge in [0.25, 0.3) is 11.8 Å². The number of hydrogen-bond donors (Lipinski definition) is 0. The Balaban J connectivity index is 1.75. The van der Waals surface area contributed by atoms with E-state index >= 15 is 0 Å². The Hall–Kier alpha value is -1.91. The number of nitrogens with zero attached hydrogens (tertiary/aromatic N) is 3. The van der Waals surface area contributed by atoms with Crippen molar-refractivity contribution in [3.05, 3.63) is 29.6 Å². The zero-order chi connectivity index (χ0) is 14.7. The SMILES string of the molecule is O=C(c1ccnc(C(=O)N2CCCCC2)c1)N1CCCC1. The van der Waals surface area contributed by atoms with Gasteiger partial charge in [-0.3, -0.25) is 14.6 Å². The molecule has 2 aliphatic heterocycles. The van der Waals surface area contributed by atoms with Crippen LogP contribution in [0.15, 0.2) is 18.3 Å². The van der Waals surface area contributed by atoms with Crippen molar-refractivity contribution in [3.8, 4) is 0 Å². The van der Waals surface area contributed by atoms with Crippen LogP contribution in [0.5, 0.6) is 0 Å². The zero-order valence-corrected chi connectivity index (χ0v) is 12.3. The largest absolute Gasteiger partial charge is 0.339 e. The Kier molecular flexibility index (Phi) is 4.18. The third-order valence-electron chi connectivity index (χ3n) is 4.26. The van der Waals surface area contributed by atoms with Gasteiger partial charge in [-0.25, -0.2) is 0 Å². The van der Waals surface area contributed by atoms with Crippen LogP contribution in [0.4, 0.5) is 0 Å². The average Bonchev–Trinajstić information content (AvgIpc) is 3.09. The molecule has 5 nitrogen and oxygen atoms in total. The van der Waals surface area contributed by atoms with Gasteiger partial charge in [-0.15, -0.1) is 0 Å². The van der Waals surface area contributed by atoms with Crippen LogP contribution in [0.25, 0.3) is 0 Å². The quantitative estimate of drug-likeness (QED) is 0.835. The molecule has 1 aromatic heterocycles. The predicted octanol–water partition coefficient (Wildman–Crippen LogP) is 1.94. The summed E-state index contributed by atoms with van der Waals surface area (Å²) in [4.78, 5) is 32.7. The minimum atomic E-state index is -0.0502.